The summed E-state index contributed by atoms with van der Waals surface area (Å²) < 4.78 is 6.50. The van der Waals surface area contributed by atoms with E-state index in [0.29, 0.717) is 11.3 Å². The molecule has 2 aromatic carbocycles. The maximum Gasteiger partial charge on any atom is 0.228 e. The monoisotopic (exact) mass is 314 g/mol. The standard InChI is InChI=1S/C16H11BrO2/c1-10-6-7-12(17)9-13(10)16(18)15-8-11-4-2-3-5-14(11)19-15/h2-9H,1H3. The number of para-hydroxylation sites is 1. The molecule has 0 radical (unpaired) electrons. The zero-order valence-electron chi connectivity index (χ0n) is 10.3. The highest BCUT2D eigenvalue weighted by atomic mass is 79.9. The molecule has 0 unspecified atom stereocenters. The minimum Gasteiger partial charge on any atom is -0.453 e. The second kappa shape index (κ2) is 4.67. The number of benzene rings is 2. The smallest absolute Gasteiger partial charge is 0.228 e. The van der Waals surface area contributed by atoms with Crippen LogP contribution < -0.4 is 0 Å². The van der Waals surface area contributed by atoms with Crippen LogP contribution in [0.5, 0.6) is 0 Å². The molecule has 1 heterocycles. The molecule has 0 saturated heterocycles. The van der Waals surface area contributed by atoms with E-state index in [2.05, 4.69) is 15.9 Å². The van der Waals surface area contributed by atoms with Crippen molar-refractivity contribution in [3.8, 4) is 0 Å². The Hall–Kier alpha value is -1.87. The number of hydrogen-bond acceptors (Lipinski definition) is 2. The van der Waals surface area contributed by atoms with Gasteiger partial charge in [-0.2, -0.15) is 0 Å². The van der Waals surface area contributed by atoms with Crippen LogP contribution in [0.1, 0.15) is 21.7 Å². The van der Waals surface area contributed by atoms with Crippen LogP contribution in [0.3, 0.4) is 0 Å². The number of furan rings is 1. The van der Waals surface area contributed by atoms with Crippen LogP contribution in [-0.2, 0) is 0 Å². The van der Waals surface area contributed by atoms with Crippen LogP contribution in [0.15, 0.2) is 57.4 Å². The Kier molecular flexibility index (Phi) is 2.99. The number of hydrogen-bond donors (Lipinski definition) is 0. The molecule has 0 atom stereocenters. The minimum absolute atomic E-state index is 0.0880. The summed E-state index contributed by atoms with van der Waals surface area (Å²) in [6.45, 7) is 1.92. The van der Waals surface area contributed by atoms with Crippen molar-refractivity contribution in [3.63, 3.8) is 0 Å². The van der Waals surface area contributed by atoms with Gasteiger partial charge in [0.1, 0.15) is 5.58 Å². The normalized spacial score (nSPS) is 10.8. The van der Waals surface area contributed by atoms with E-state index < -0.39 is 0 Å². The average Bonchev–Trinajstić information content (AvgIpc) is 2.84. The number of halogens is 1. The maximum atomic E-state index is 12.5. The Labute approximate surface area is 119 Å². The van der Waals surface area contributed by atoms with E-state index in [1.54, 1.807) is 6.07 Å². The molecule has 3 rings (SSSR count). The van der Waals surface area contributed by atoms with Gasteiger partial charge in [0.25, 0.3) is 0 Å². The molecule has 19 heavy (non-hydrogen) atoms. The van der Waals surface area contributed by atoms with Crippen LogP contribution in [0.2, 0.25) is 0 Å². The molecule has 0 amide bonds. The van der Waals surface area contributed by atoms with E-state index >= 15 is 0 Å². The lowest BCUT2D eigenvalue weighted by molar-refractivity contribution is 0.101. The zero-order chi connectivity index (χ0) is 13.4. The van der Waals surface area contributed by atoms with Crippen LogP contribution >= 0.6 is 15.9 Å². The molecule has 0 bridgehead atoms. The average molecular weight is 315 g/mol. The molecule has 0 aliphatic carbocycles. The van der Waals surface area contributed by atoms with Crippen LogP contribution in [0.4, 0.5) is 0 Å². The number of carbonyl (C=O) groups is 1. The third kappa shape index (κ3) is 2.22. The van der Waals surface area contributed by atoms with Crippen LogP contribution in [-0.4, -0.2) is 5.78 Å². The van der Waals surface area contributed by atoms with Gasteiger partial charge in [-0.05, 0) is 36.8 Å². The predicted octanol–water partition coefficient (Wildman–Crippen LogP) is 4.73. The highest BCUT2D eigenvalue weighted by Crippen LogP contribution is 2.24. The first-order valence-electron chi connectivity index (χ1n) is 5.94. The van der Waals surface area contributed by atoms with Crippen molar-refractivity contribution in [2.75, 3.05) is 0 Å². The fourth-order valence-electron chi connectivity index (χ4n) is 2.07. The molecular formula is C16H11BrO2. The van der Waals surface area contributed by atoms with Crippen molar-refractivity contribution in [3.05, 3.63) is 69.9 Å². The van der Waals surface area contributed by atoms with E-state index in [1.165, 1.54) is 0 Å². The van der Waals surface area contributed by atoms with E-state index in [-0.39, 0.29) is 5.78 Å². The van der Waals surface area contributed by atoms with E-state index in [9.17, 15) is 4.79 Å². The fraction of sp³-hybridized carbons (Fsp3) is 0.0625. The van der Waals surface area contributed by atoms with Crippen molar-refractivity contribution in [2.45, 2.75) is 6.92 Å². The summed E-state index contributed by atoms with van der Waals surface area (Å²) in [6, 6.07) is 15.1. The minimum atomic E-state index is -0.0880. The van der Waals surface area contributed by atoms with Gasteiger partial charge in [0.2, 0.25) is 5.78 Å². The summed E-state index contributed by atoms with van der Waals surface area (Å²) in [4.78, 5) is 12.5. The molecule has 0 saturated carbocycles. The van der Waals surface area contributed by atoms with Crippen molar-refractivity contribution in [1.29, 1.82) is 0 Å². The number of rotatable bonds is 2. The Bertz CT molecular complexity index is 738. The van der Waals surface area contributed by atoms with Gasteiger partial charge in [0.05, 0.1) is 0 Å². The summed E-state index contributed by atoms with van der Waals surface area (Å²) in [7, 11) is 0. The SMILES string of the molecule is Cc1ccc(Br)cc1C(=O)c1cc2ccccc2o1. The first kappa shape index (κ1) is 12.2. The molecule has 3 heteroatoms. The highest BCUT2D eigenvalue weighted by molar-refractivity contribution is 9.10. The van der Waals surface area contributed by atoms with E-state index in [4.69, 9.17) is 4.42 Å². The molecule has 0 spiro atoms. The summed E-state index contributed by atoms with van der Waals surface area (Å²) >= 11 is 3.39. The van der Waals surface area contributed by atoms with Crippen molar-refractivity contribution < 1.29 is 9.21 Å². The summed E-state index contributed by atoms with van der Waals surface area (Å²) in [5, 5.41) is 0.943. The lowest BCUT2D eigenvalue weighted by atomic mass is 10.0. The Morgan fingerprint density at radius 1 is 1.11 bits per heavy atom. The molecule has 0 aliphatic heterocycles. The summed E-state index contributed by atoms with van der Waals surface area (Å²) in [5.74, 6) is 0.289. The lowest BCUT2D eigenvalue weighted by Crippen LogP contribution is -2.02. The number of ketones is 1. The van der Waals surface area contributed by atoms with E-state index in [1.807, 2.05) is 49.4 Å². The Morgan fingerprint density at radius 3 is 2.68 bits per heavy atom. The van der Waals surface area contributed by atoms with Crippen molar-refractivity contribution in [2.24, 2.45) is 0 Å². The van der Waals surface area contributed by atoms with Gasteiger partial charge >= 0.3 is 0 Å². The third-order valence-corrected chi connectivity index (χ3v) is 3.59. The quantitative estimate of drug-likeness (QED) is 0.640. The first-order valence-corrected chi connectivity index (χ1v) is 6.74. The van der Waals surface area contributed by atoms with Crippen molar-refractivity contribution >= 4 is 32.7 Å². The summed E-state index contributed by atoms with van der Waals surface area (Å²) in [5.41, 5.74) is 2.33. The zero-order valence-corrected chi connectivity index (χ0v) is 11.9. The third-order valence-electron chi connectivity index (χ3n) is 3.09. The highest BCUT2D eigenvalue weighted by Gasteiger charge is 2.16. The molecule has 1 aromatic heterocycles. The van der Waals surface area contributed by atoms with Gasteiger partial charge < -0.3 is 4.42 Å². The lowest BCUT2D eigenvalue weighted by Gasteiger charge is -2.03. The van der Waals surface area contributed by atoms with Crippen LogP contribution in [0.25, 0.3) is 11.0 Å². The van der Waals surface area contributed by atoms with Crippen LogP contribution in [0, 0.1) is 6.92 Å². The van der Waals surface area contributed by atoms with Gasteiger partial charge in [-0.1, -0.05) is 40.2 Å². The van der Waals surface area contributed by atoms with Gasteiger partial charge in [-0.3, -0.25) is 4.79 Å². The Balaban J connectivity index is 2.10. The van der Waals surface area contributed by atoms with Gasteiger partial charge in [-0.15, -0.1) is 0 Å². The largest absolute Gasteiger partial charge is 0.453 e. The van der Waals surface area contributed by atoms with E-state index in [0.717, 1.165) is 21.0 Å². The molecule has 94 valence electrons. The number of fused-ring (bicyclic) bond motifs is 1. The molecule has 2 nitrogen and oxygen atoms in total. The molecule has 3 aromatic rings. The first-order chi connectivity index (χ1) is 9.15. The number of aryl methyl sites for hydroxylation is 1. The summed E-state index contributed by atoms with van der Waals surface area (Å²) in [6.07, 6.45) is 0. The molecule has 0 fully saturated rings. The van der Waals surface area contributed by atoms with Crippen molar-refractivity contribution in [1.82, 2.24) is 0 Å². The predicted molar refractivity (Wildman–Crippen MR) is 78.5 cm³/mol. The van der Waals surface area contributed by atoms with Gasteiger partial charge in [-0.25, -0.2) is 0 Å². The maximum absolute atomic E-state index is 12.5. The molecule has 0 aliphatic rings. The van der Waals surface area contributed by atoms with Gasteiger partial charge in [0.15, 0.2) is 5.76 Å². The topological polar surface area (TPSA) is 30.2 Å². The fourth-order valence-corrected chi connectivity index (χ4v) is 2.43. The Morgan fingerprint density at radius 2 is 1.89 bits per heavy atom. The number of carbonyl (C=O) groups excluding carboxylic acids is 1. The molecule has 0 N–H and O–H groups in total. The van der Waals surface area contributed by atoms with Gasteiger partial charge in [0, 0.05) is 15.4 Å². The second-order valence-electron chi connectivity index (χ2n) is 4.44. The molecular weight excluding hydrogens is 304 g/mol. The second-order valence-corrected chi connectivity index (χ2v) is 5.35.